The van der Waals surface area contributed by atoms with Gasteiger partial charge in [0.15, 0.2) is 12.4 Å². The number of ether oxygens (including phenoxy) is 2. The molecule has 31 heavy (non-hydrogen) atoms. The largest absolute Gasteiger partial charge is 0.497 e. The van der Waals surface area contributed by atoms with Crippen LogP contribution in [0.25, 0.3) is 11.3 Å². The van der Waals surface area contributed by atoms with Crippen LogP contribution in [0.1, 0.15) is 19.3 Å². The minimum absolute atomic E-state index is 0.0719. The van der Waals surface area contributed by atoms with Gasteiger partial charge in [0.05, 0.1) is 12.8 Å². The first-order valence-electron chi connectivity index (χ1n) is 10.5. The molecule has 0 unspecified atom stereocenters. The minimum Gasteiger partial charge on any atom is -0.497 e. The van der Waals surface area contributed by atoms with Crippen LogP contribution in [0.5, 0.6) is 11.5 Å². The van der Waals surface area contributed by atoms with E-state index in [-0.39, 0.29) is 12.5 Å². The number of anilines is 2. The van der Waals surface area contributed by atoms with Gasteiger partial charge >= 0.3 is 0 Å². The fourth-order valence-electron chi connectivity index (χ4n) is 3.51. The molecule has 0 atom stereocenters. The van der Waals surface area contributed by atoms with E-state index < -0.39 is 0 Å². The van der Waals surface area contributed by atoms with Crippen molar-refractivity contribution in [2.24, 2.45) is 0 Å². The average Bonchev–Trinajstić information content (AvgIpc) is 2.84. The molecule has 7 heteroatoms. The first kappa shape index (κ1) is 20.7. The molecule has 1 aliphatic rings. The molecular formula is C24H26N4O3. The molecule has 3 aromatic rings. The number of piperidine rings is 1. The molecule has 160 valence electrons. The quantitative estimate of drug-likeness (QED) is 0.621. The van der Waals surface area contributed by atoms with Crippen LogP contribution in [0, 0.1) is 0 Å². The Labute approximate surface area is 182 Å². The Balaban J connectivity index is 1.30. The molecular weight excluding hydrogens is 392 g/mol. The fraction of sp³-hybridized carbons (Fsp3) is 0.292. The highest BCUT2D eigenvalue weighted by molar-refractivity contribution is 5.92. The van der Waals surface area contributed by atoms with Crippen molar-refractivity contribution >= 4 is 17.4 Å². The molecule has 1 fully saturated rings. The number of amides is 1. The lowest BCUT2D eigenvalue weighted by molar-refractivity contribution is -0.118. The Bertz CT molecular complexity index is 983. The van der Waals surface area contributed by atoms with E-state index in [0.29, 0.717) is 11.4 Å². The summed E-state index contributed by atoms with van der Waals surface area (Å²) >= 11 is 0. The van der Waals surface area contributed by atoms with Crippen molar-refractivity contribution in [2.75, 3.05) is 37.0 Å². The van der Waals surface area contributed by atoms with Crippen molar-refractivity contribution in [3.8, 4) is 22.8 Å². The van der Waals surface area contributed by atoms with E-state index in [1.807, 2.05) is 36.4 Å². The highest BCUT2D eigenvalue weighted by Gasteiger charge is 2.13. The predicted molar refractivity (Wildman–Crippen MR) is 121 cm³/mol. The van der Waals surface area contributed by atoms with Gasteiger partial charge in [0.25, 0.3) is 5.91 Å². The molecule has 1 aliphatic heterocycles. The Morgan fingerprint density at radius 2 is 1.61 bits per heavy atom. The van der Waals surface area contributed by atoms with Crippen molar-refractivity contribution in [1.29, 1.82) is 0 Å². The van der Waals surface area contributed by atoms with E-state index in [1.54, 1.807) is 31.4 Å². The summed E-state index contributed by atoms with van der Waals surface area (Å²) in [4.78, 5) is 14.4. The van der Waals surface area contributed by atoms with Gasteiger partial charge in [-0.3, -0.25) is 4.79 Å². The molecule has 1 N–H and O–H groups in total. The van der Waals surface area contributed by atoms with Crippen LogP contribution in [-0.4, -0.2) is 42.9 Å². The van der Waals surface area contributed by atoms with Crippen molar-refractivity contribution < 1.29 is 14.3 Å². The SMILES string of the molecule is COc1ccc(OCC(=O)Nc2ccc(-c3ccc(N4CCCCC4)nn3)cc2)cc1. The number of hydrogen-bond donors (Lipinski definition) is 1. The zero-order valence-corrected chi connectivity index (χ0v) is 17.6. The van der Waals surface area contributed by atoms with Crippen LogP contribution < -0.4 is 19.7 Å². The zero-order valence-electron chi connectivity index (χ0n) is 17.6. The van der Waals surface area contributed by atoms with Crippen LogP contribution in [0.2, 0.25) is 0 Å². The van der Waals surface area contributed by atoms with Crippen LogP contribution in [0.3, 0.4) is 0 Å². The summed E-state index contributed by atoms with van der Waals surface area (Å²) in [5.41, 5.74) is 2.46. The van der Waals surface area contributed by atoms with Gasteiger partial charge in [0.1, 0.15) is 11.5 Å². The first-order valence-corrected chi connectivity index (χ1v) is 10.5. The second-order valence-corrected chi connectivity index (χ2v) is 7.41. The van der Waals surface area contributed by atoms with Gasteiger partial charge in [0.2, 0.25) is 0 Å². The molecule has 1 saturated heterocycles. The third kappa shape index (κ3) is 5.51. The Hall–Kier alpha value is -3.61. The topological polar surface area (TPSA) is 76.6 Å². The normalized spacial score (nSPS) is 13.5. The second-order valence-electron chi connectivity index (χ2n) is 7.41. The molecule has 7 nitrogen and oxygen atoms in total. The molecule has 0 spiro atoms. The van der Waals surface area contributed by atoms with Crippen LogP contribution >= 0.6 is 0 Å². The smallest absolute Gasteiger partial charge is 0.262 e. The van der Waals surface area contributed by atoms with Gasteiger partial charge in [-0.15, -0.1) is 10.2 Å². The summed E-state index contributed by atoms with van der Waals surface area (Å²) in [7, 11) is 1.60. The van der Waals surface area contributed by atoms with Crippen molar-refractivity contribution in [1.82, 2.24) is 10.2 Å². The molecule has 0 radical (unpaired) electrons. The standard InChI is InChI=1S/C24H26N4O3/c1-30-20-9-11-21(12-10-20)31-17-24(29)25-19-7-5-18(6-8-19)22-13-14-23(27-26-22)28-15-3-2-4-16-28/h5-14H,2-4,15-17H2,1H3,(H,25,29). The highest BCUT2D eigenvalue weighted by atomic mass is 16.5. The zero-order chi connectivity index (χ0) is 21.5. The minimum atomic E-state index is -0.228. The lowest BCUT2D eigenvalue weighted by Gasteiger charge is -2.27. The number of carbonyl (C=O) groups excluding carboxylic acids is 1. The summed E-state index contributed by atoms with van der Waals surface area (Å²) in [5.74, 6) is 2.05. The molecule has 1 amide bonds. The number of carbonyl (C=O) groups is 1. The van der Waals surface area contributed by atoms with Gasteiger partial charge in [0, 0.05) is 24.3 Å². The molecule has 0 aliphatic carbocycles. The van der Waals surface area contributed by atoms with Gasteiger partial charge in [-0.25, -0.2) is 0 Å². The Morgan fingerprint density at radius 3 is 2.26 bits per heavy atom. The van der Waals surface area contributed by atoms with Gasteiger partial charge in [-0.05, 0) is 67.8 Å². The van der Waals surface area contributed by atoms with E-state index in [4.69, 9.17) is 9.47 Å². The second kappa shape index (κ2) is 9.93. The molecule has 1 aromatic heterocycles. The van der Waals surface area contributed by atoms with E-state index in [0.717, 1.165) is 35.9 Å². The van der Waals surface area contributed by atoms with Gasteiger partial charge < -0.3 is 19.7 Å². The van der Waals surface area contributed by atoms with Gasteiger partial charge in [-0.1, -0.05) is 12.1 Å². The number of nitrogens with one attached hydrogen (secondary N) is 1. The third-order valence-electron chi connectivity index (χ3n) is 5.22. The van der Waals surface area contributed by atoms with Crippen molar-refractivity contribution in [2.45, 2.75) is 19.3 Å². The monoisotopic (exact) mass is 418 g/mol. The van der Waals surface area contributed by atoms with E-state index in [1.165, 1.54) is 19.3 Å². The average molecular weight is 418 g/mol. The van der Waals surface area contributed by atoms with E-state index >= 15 is 0 Å². The molecule has 0 saturated carbocycles. The van der Waals surface area contributed by atoms with Gasteiger partial charge in [-0.2, -0.15) is 0 Å². The number of methoxy groups -OCH3 is 1. The summed E-state index contributed by atoms with van der Waals surface area (Å²) in [6, 6.07) is 18.7. The fourth-order valence-corrected chi connectivity index (χ4v) is 3.51. The van der Waals surface area contributed by atoms with Crippen LogP contribution in [0.15, 0.2) is 60.7 Å². The maximum Gasteiger partial charge on any atom is 0.262 e. The summed E-state index contributed by atoms with van der Waals surface area (Å²) in [6.07, 6.45) is 3.71. The predicted octanol–water partition coefficient (Wildman–Crippen LogP) is 4.16. The molecule has 2 heterocycles. The first-order chi connectivity index (χ1) is 15.2. The number of benzene rings is 2. The third-order valence-corrected chi connectivity index (χ3v) is 5.22. The van der Waals surface area contributed by atoms with Crippen molar-refractivity contribution in [3.63, 3.8) is 0 Å². The number of hydrogen-bond acceptors (Lipinski definition) is 6. The molecule has 4 rings (SSSR count). The van der Waals surface area contributed by atoms with E-state index in [9.17, 15) is 4.79 Å². The van der Waals surface area contributed by atoms with Crippen LogP contribution in [-0.2, 0) is 4.79 Å². The highest BCUT2D eigenvalue weighted by Crippen LogP contribution is 2.22. The number of aromatic nitrogens is 2. The maximum absolute atomic E-state index is 12.2. The van der Waals surface area contributed by atoms with Crippen LogP contribution in [0.4, 0.5) is 11.5 Å². The number of rotatable bonds is 7. The maximum atomic E-state index is 12.2. The lowest BCUT2D eigenvalue weighted by atomic mass is 10.1. The number of nitrogens with zero attached hydrogens (tertiary/aromatic N) is 3. The summed E-state index contributed by atoms with van der Waals surface area (Å²) in [6.45, 7) is 2.02. The lowest BCUT2D eigenvalue weighted by Crippen LogP contribution is -2.30. The summed E-state index contributed by atoms with van der Waals surface area (Å²) < 4.78 is 10.6. The summed E-state index contributed by atoms with van der Waals surface area (Å²) in [5, 5.41) is 11.6. The molecule has 2 aromatic carbocycles. The Kier molecular flexibility index (Phi) is 6.62. The Morgan fingerprint density at radius 1 is 0.903 bits per heavy atom. The van der Waals surface area contributed by atoms with E-state index in [2.05, 4.69) is 20.4 Å². The van der Waals surface area contributed by atoms with Crippen molar-refractivity contribution in [3.05, 3.63) is 60.7 Å². The molecule has 0 bridgehead atoms.